The number of H-pyrrole nitrogens is 1. The van der Waals surface area contributed by atoms with Gasteiger partial charge in [0.2, 0.25) is 0 Å². The molecule has 11 aromatic rings. The van der Waals surface area contributed by atoms with Crippen LogP contribution < -0.4 is 0 Å². The van der Waals surface area contributed by atoms with Crippen LogP contribution in [0.4, 0.5) is 8.78 Å². The minimum Gasteiger partial charge on any atom is -0.355 e. The molecule has 0 aliphatic rings. The van der Waals surface area contributed by atoms with Gasteiger partial charge in [0.05, 0.1) is 22.1 Å². The summed E-state index contributed by atoms with van der Waals surface area (Å²) in [4.78, 5) is 3.63. The molecule has 0 aliphatic carbocycles. The Bertz CT molecular complexity index is 3020. The van der Waals surface area contributed by atoms with E-state index in [0.29, 0.717) is 0 Å². The van der Waals surface area contributed by atoms with E-state index in [-0.39, 0.29) is 11.6 Å². The van der Waals surface area contributed by atoms with Gasteiger partial charge in [0.25, 0.3) is 0 Å². The summed E-state index contributed by atoms with van der Waals surface area (Å²) < 4.78 is 32.1. The number of hydrogen-bond acceptors (Lipinski definition) is 0. The first-order valence-electron chi connectivity index (χ1n) is 17.7. The van der Waals surface area contributed by atoms with Gasteiger partial charge in [-0.05, 0) is 131 Å². The van der Waals surface area contributed by atoms with Gasteiger partial charge in [0, 0.05) is 54.7 Å². The van der Waals surface area contributed by atoms with E-state index in [0.717, 1.165) is 88.3 Å². The molecule has 8 aromatic carbocycles. The quantitative estimate of drug-likeness (QED) is 0.191. The van der Waals surface area contributed by atoms with Crippen LogP contribution in [0.1, 0.15) is 0 Å². The Hall–Kier alpha value is -6.98. The van der Waals surface area contributed by atoms with E-state index >= 15 is 0 Å². The molecule has 53 heavy (non-hydrogen) atoms. The molecule has 0 spiro atoms. The zero-order valence-corrected chi connectivity index (χ0v) is 28.3. The lowest BCUT2D eigenvalue weighted by atomic mass is 9.98. The fraction of sp³-hybridized carbons (Fsp3) is 0. The molecule has 0 fully saturated rings. The average molecular weight is 686 g/mol. The largest absolute Gasteiger partial charge is 0.355 e. The molecule has 1 N–H and O–H groups in total. The summed E-state index contributed by atoms with van der Waals surface area (Å²) in [6, 6.07) is 56.7. The van der Waals surface area contributed by atoms with Gasteiger partial charge in [0.15, 0.2) is 0 Å². The number of hydrogen-bond donors (Lipinski definition) is 1. The maximum Gasteiger partial charge on any atom is 0.123 e. The zero-order chi connectivity index (χ0) is 35.2. The Morgan fingerprint density at radius 1 is 0.321 bits per heavy atom. The topological polar surface area (TPSA) is 25.6 Å². The predicted octanol–water partition coefficient (Wildman–Crippen LogP) is 13.1. The average Bonchev–Trinajstić information content (AvgIpc) is 3.85. The van der Waals surface area contributed by atoms with Gasteiger partial charge in [-0.1, -0.05) is 60.7 Å². The molecule has 0 saturated heterocycles. The summed E-state index contributed by atoms with van der Waals surface area (Å²) in [6.07, 6.45) is 0. The minimum absolute atomic E-state index is 0.246. The summed E-state index contributed by atoms with van der Waals surface area (Å²) in [5.74, 6) is -0.492. The molecular formula is C48H29F2N3. The van der Waals surface area contributed by atoms with Gasteiger partial charge >= 0.3 is 0 Å². The van der Waals surface area contributed by atoms with E-state index in [1.54, 1.807) is 0 Å². The van der Waals surface area contributed by atoms with Crippen molar-refractivity contribution in [3.8, 4) is 33.6 Å². The first kappa shape index (κ1) is 29.7. The molecule has 3 nitrogen and oxygen atoms in total. The van der Waals surface area contributed by atoms with E-state index in [9.17, 15) is 8.78 Å². The molecule has 3 heterocycles. The molecule has 0 bridgehead atoms. The standard InChI is InChI=1S/C48H29F2N3/c49-33-13-17-35(18-14-33)52-45-7-3-1-5-37(45)41-27-31(11-23-47(41)52)29-9-21-43-39(25-29)40-26-30(10-22-44(40)51-43)32-12-24-48-42(28-32)38-6-2-4-8-46(38)53(48)36-19-15-34(50)16-20-36/h1-28,51H. The van der Waals surface area contributed by atoms with Crippen LogP contribution >= 0.6 is 0 Å². The van der Waals surface area contributed by atoms with Crippen LogP contribution in [0.15, 0.2) is 170 Å². The van der Waals surface area contributed by atoms with Crippen molar-refractivity contribution in [1.82, 2.24) is 14.1 Å². The van der Waals surface area contributed by atoms with E-state index in [1.807, 2.05) is 36.4 Å². The lowest BCUT2D eigenvalue weighted by molar-refractivity contribution is 0.627. The fourth-order valence-electron chi connectivity index (χ4n) is 8.30. The van der Waals surface area contributed by atoms with Gasteiger partial charge < -0.3 is 14.1 Å². The second-order valence-corrected chi connectivity index (χ2v) is 13.8. The lowest BCUT2D eigenvalue weighted by Crippen LogP contribution is -1.93. The van der Waals surface area contributed by atoms with Crippen molar-refractivity contribution < 1.29 is 8.78 Å². The fourth-order valence-corrected chi connectivity index (χ4v) is 8.30. The third-order valence-electron chi connectivity index (χ3n) is 10.8. The maximum absolute atomic E-state index is 13.8. The number of halogens is 2. The second kappa shape index (κ2) is 11.3. The van der Waals surface area contributed by atoms with Crippen molar-refractivity contribution in [3.05, 3.63) is 181 Å². The highest BCUT2D eigenvalue weighted by atomic mass is 19.1. The van der Waals surface area contributed by atoms with Crippen LogP contribution in [0.3, 0.4) is 0 Å². The van der Waals surface area contributed by atoms with Gasteiger partial charge in [-0.3, -0.25) is 0 Å². The number of aromatic nitrogens is 3. The molecule has 3 aromatic heterocycles. The van der Waals surface area contributed by atoms with Crippen molar-refractivity contribution in [3.63, 3.8) is 0 Å². The van der Waals surface area contributed by atoms with E-state index in [1.165, 1.54) is 35.0 Å². The van der Waals surface area contributed by atoms with Crippen molar-refractivity contribution in [2.24, 2.45) is 0 Å². The number of rotatable bonds is 4. The Morgan fingerprint density at radius 2 is 0.679 bits per heavy atom. The van der Waals surface area contributed by atoms with Crippen LogP contribution in [0.5, 0.6) is 0 Å². The third-order valence-corrected chi connectivity index (χ3v) is 10.8. The van der Waals surface area contributed by atoms with Gasteiger partial charge in [0.1, 0.15) is 11.6 Å². The first-order chi connectivity index (χ1) is 26.1. The monoisotopic (exact) mass is 685 g/mol. The van der Waals surface area contributed by atoms with Gasteiger partial charge in [-0.25, -0.2) is 8.78 Å². The van der Waals surface area contributed by atoms with Crippen LogP contribution in [-0.2, 0) is 0 Å². The highest BCUT2D eigenvalue weighted by Gasteiger charge is 2.16. The van der Waals surface area contributed by atoms with Crippen molar-refractivity contribution in [2.75, 3.05) is 0 Å². The Labute approximate surface area is 302 Å². The second-order valence-electron chi connectivity index (χ2n) is 13.8. The molecule has 0 atom stereocenters. The molecule has 0 amide bonds. The van der Waals surface area contributed by atoms with Crippen LogP contribution in [0, 0.1) is 11.6 Å². The van der Waals surface area contributed by atoms with E-state index in [4.69, 9.17) is 0 Å². The third kappa shape index (κ3) is 4.57. The van der Waals surface area contributed by atoms with Crippen molar-refractivity contribution in [2.45, 2.75) is 0 Å². The van der Waals surface area contributed by atoms with Crippen LogP contribution in [0.25, 0.3) is 99.0 Å². The molecular weight excluding hydrogens is 657 g/mol. The molecule has 0 saturated carbocycles. The summed E-state index contributed by atoms with van der Waals surface area (Å²) >= 11 is 0. The normalized spacial score (nSPS) is 12.0. The predicted molar refractivity (Wildman–Crippen MR) is 215 cm³/mol. The molecule has 0 unspecified atom stereocenters. The minimum atomic E-state index is -0.246. The number of nitrogens with zero attached hydrogens (tertiary/aromatic N) is 2. The number of benzene rings is 8. The molecule has 0 aliphatic heterocycles. The maximum atomic E-state index is 13.8. The van der Waals surface area contributed by atoms with Crippen molar-refractivity contribution in [1.29, 1.82) is 0 Å². The number of fused-ring (bicyclic) bond motifs is 9. The van der Waals surface area contributed by atoms with Crippen LogP contribution in [-0.4, -0.2) is 14.1 Å². The Morgan fingerprint density at radius 3 is 1.11 bits per heavy atom. The highest BCUT2D eigenvalue weighted by Crippen LogP contribution is 2.39. The number of para-hydroxylation sites is 2. The van der Waals surface area contributed by atoms with E-state index < -0.39 is 0 Å². The Balaban J connectivity index is 1.03. The number of nitrogens with one attached hydrogen (secondary N) is 1. The molecule has 11 rings (SSSR count). The SMILES string of the molecule is Fc1ccc(-n2c3ccccc3c3cc(-c4ccc5[nH]c6ccc(-c7ccc8c(c7)c7ccccc7n8-c7ccc(F)cc7)cc6c5c4)ccc32)cc1. The highest BCUT2D eigenvalue weighted by molar-refractivity contribution is 6.13. The van der Waals surface area contributed by atoms with Crippen LogP contribution in [0.2, 0.25) is 0 Å². The Kier molecular flexibility index (Phi) is 6.31. The summed E-state index contributed by atoms with van der Waals surface area (Å²) in [5, 5.41) is 6.96. The smallest absolute Gasteiger partial charge is 0.123 e. The summed E-state index contributed by atoms with van der Waals surface area (Å²) in [5.41, 5.74) is 12.9. The van der Waals surface area contributed by atoms with Gasteiger partial charge in [-0.15, -0.1) is 0 Å². The van der Waals surface area contributed by atoms with Crippen molar-refractivity contribution >= 4 is 65.4 Å². The number of aromatic amines is 1. The van der Waals surface area contributed by atoms with Gasteiger partial charge in [-0.2, -0.15) is 0 Å². The summed E-state index contributed by atoms with van der Waals surface area (Å²) in [7, 11) is 0. The molecule has 250 valence electrons. The lowest BCUT2D eigenvalue weighted by Gasteiger charge is -2.09. The summed E-state index contributed by atoms with van der Waals surface area (Å²) in [6.45, 7) is 0. The molecule has 0 radical (unpaired) electrons. The van der Waals surface area contributed by atoms with E-state index in [2.05, 4.69) is 123 Å². The first-order valence-corrected chi connectivity index (χ1v) is 17.7. The zero-order valence-electron chi connectivity index (χ0n) is 28.3. The molecule has 5 heteroatoms.